The van der Waals surface area contributed by atoms with Crippen LogP contribution in [0.3, 0.4) is 0 Å². The van der Waals surface area contributed by atoms with Gasteiger partial charge in [-0.25, -0.2) is 4.79 Å². The number of hydrogen-bond acceptors (Lipinski definition) is 4. The molecule has 0 aromatic heterocycles. The third kappa shape index (κ3) is 6.22. The van der Waals surface area contributed by atoms with Crippen LogP contribution in [0.25, 0.3) is 0 Å². The summed E-state index contributed by atoms with van der Waals surface area (Å²) in [5.41, 5.74) is -0.0417. The summed E-state index contributed by atoms with van der Waals surface area (Å²) >= 11 is 0. The molecule has 1 unspecified atom stereocenters. The highest BCUT2D eigenvalue weighted by Gasteiger charge is 2.24. The Hall–Kier alpha value is -1.59. The van der Waals surface area contributed by atoms with Gasteiger partial charge in [-0.1, -0.05) is 32.9 Å². The first-order valence-electron chi connectivity index (χ1n) is 6.02. The molecule has 0 fully saturated rings. The van der Waals surface area contributed by atoms with Crippen LogP contribution in [0.4, 0.5) is 0 Å². The molecule has 6 nitrogen and oxygen atoms in total. The Balaban J connectivity index is 4.62. The van der Waals surface area contributed by atoms with Gasteiger partial charge in [-0.2, -0.15) is 0 Å². The zero-order chi connectivity index (χ0) is 14.3. The van der Waals surface area contributed by atoms with Crippen LogP contribution < -0.4 is 5.32 Å². The number of carbonyl (C=O) groups is 2. The highest BCUT2D eigenvalue weighted by molar-refractivity contribution is 6.39. The number of nitrogens with zero attached hydrogens (tertiary/aromatic N) is 1. The minimum Gasteiger partial charge on any atom is -0.480 e. The molecule has 0 aromatic rings. The van der Waals surface area contributed by atoms with Crippen LogP contribution in [0, 0.1) is 11.8 Å². The molecular weight excluding hydrogens is 236 g/mol. The van der Waals surface area contributed by atoms with E-state index in [9.17, 15) is 9.59 Å². The van der Waals surface area contributed by atoms with E-state index in [0.717, 1.165) is 0 Å². The molecule has 0 radical (unpaired) electrons. The third-order valence-corrected chi connectivity index (χ3v) is 2.29. The van der Waals surface area contributed by atoms with Crippen molar-refractivity contribution in [1.82, 2.24) is 5.32 Å². The van der Waals surface area contributed by atoms with E-state index < -0.39 is 17.9 Å². The molecule has 0 heterocycles. The number of aliphatic carboxylic acids is 1. The van der Waals surface area contributed by atoms with Gasteiger partial charge in [0.2, 0.25) is 0 Å². The van der Waals surface area contributed by atoms with Crippen LogP contribution in [0.1, 0.15) is 40.5 Å². The number of amides is 1. The highest BCUT2D eigenvalue weighted by Crippen LogP contribution is 2.06. The van der Waals surface area contributed by atoms with Crippen molar-refractivity contribution < 1.29 is 19.9 Å². The summed E-state index contributed by atoms with van der Waals surface area (Å²) in [6, 6.07) is -0.957. The molecule has 0 aliphatic heterocycles. The lowest BCUT2D eigenvalue weighted by atomic mass is 10.0. The van der Waals surface area contributed by atoms with Gasteiger partial charge in [0.25, 0.3) is 5.91 Å². The van der Waals surface area contributed by atoms with E-state index >= 15 is 0 Å². The zero-order valence-electron chi connectivity index (χ0n) is 11.3. The fourth-order valence-corrected chi connectivity index (χ4v) is 1.50. The number of hydrogen-bond donors (Lipinski definition) is 3. The Kier molecular flexibility index (Phi) is 7.00. The number of carbonyl (C=O) groups excluding carboxylic acids is 1. The van der Waals surface area contributed by atoms with E-state index in [1.54, 1.807) is 0 Å². The molecule has 0 bridgehead atoms. The molecule has 0 saturated heterocycles. The molecule has 3 N–H and O–H groups in total. The number of oxime groups is 1. The maximum absolute atomic E-state index is 11.7. The number of carboxylic acid groups (broad SMARTS) is 1. The van der Waals surface area contributed by atoms with Crippen LogP contribution in [0.15, 0.2) is 5.16 Å². The maximum atomic E-state index is 11.7. The second-order valence-corrected chi connectivity index (χ2v) is 5.14. The van der Waals surface area contributed by atoms with Gasteiger partial charge in [0.15, 0.2) is 0 Å². The van der Waals surface area contributed by atoms with Crippen molar-refractivity contribution in [2.24, 2.45) is 17.0 Å². The smallest absolute Gasteiger partial charge is 0.326 e. The summed E-state index contributed by atoms with van der Waals surface area (Å²) < 4.78 is 0. The van der Waals surface area contributed by atoms with Crippen molar-refractivity contribution in [2.45, 2.75) is 46.6 Å². The molecule has 1 amide bonds. The van der Waals surface area contributed by atoms with Crippen LogP contribution in [0.5, 0.6) is 0 Å². The molecule has 0 saturated carbocycles. The van der Waals surface area contributed by atoms with Gasteiger partial charge in [0, 0.05) is 6.42 Å². The normalized spacial score (nSPS) is 13.8. The van der Waals surface area contributed by atoms with Gasteiger partial charge in [0.1, 0.15) is 11.8 Å². The molecular formula is C12H22N2O4. The van der Waals surface area contributed by atoms with E-state index in [4.69, 9.17) is 10.3 Å². The Morgan fingerprint density at radius 3 is 2.06 bits per heavy atom. The summed E-state index contributed by atoms with van der Waals surface area (Å²) in [4.78, 5) is 22.7. The predicted octanol–water partition coefficient (Wildman–Crippen LogP) is 1.48. The molecule has 0 spiro atoms. The Morgan fingerprint density at radius 1 is 1.17 bits per heavy atom. The fourth-order valence-electron chi connectivity index (χ4n) is 1.50. The van der Waals surface area contributed by atoms with Gasteiger partial charge in [-0.3, -0.25) is 4.79 Å². The van der Waals surface area contributed by atoms with E-state index in [1.165, 1.54) is 0 Å². The molecule has 1 atom stereocenters. The van der Waals surface area contributed by atoms with Gasteiger partial charge in [-0.05, 0) is 18.3 Å². The van der Waals surface area contributed by atoms with Gasteiger partial charge in [0.05, 0.1) is 0 Å². The first-order chi connectivity index (χ1) is 8.27. The first-order valence-corrected chi connectivity index (χ1v) is 6.02. The Morgan fingerprint density at radius 2 is 1.72 bits per heavy atom. The Bertz CT molecular complexity index is 324. The standard InChI is InChI=1S/C12H22N2O4/c1-7(2)5-9(14-18)11(15)13-10(12(16)17)6-8(3)4/h7-8,10,18H,5-6H2,1-4H3,(H,13,15)(H,16,17)/b14-9+. The van der Waals surface area contributed by atoms with Crippen molar-refractivity contribution in [3.05, 3.63) is 0 Å². The van der Waals surface area contributed by atoms with Crippen molar-refractivity contribution in [3.63, 3.8) is 0 Å². The minimum absolute atomic E-state index is 0.0417. The molecule has 6 heteroatoms. The summed E-state index contributed by atoms with van der Waals surface area (Å²) in [6.07, 6.45) is 0.637. The topological polar surface area (TPSA) is 99.0 Å². The lowest BCUT2D eigenvalue weighted by Gasteiger charge is -2.17. The number of carboxylic acids is 1. The molecule has 0 aromatic carbocycles. The molecule has 18 heavy (non-hydrogen) atoms. The van der Waals surface area contributed by atoms with Gasteiger partial charge >= 0.3 is 5.97 Å². The monoisotopic (exact) mass is 258 g/mol. The first kappa shape index (κ1) is 16.4. The maximum Gasteiger partial charge on any atom is 0.326 e. The average Bonchev–Trinajstić information content (AvgIpc) is 2.23. The minimum atomic E-state index is -1.08. The van der Waals surface area contributed by atoms with Gasteiger partial charge < -0.3 is 15.6 Å². The molecule has 104 valence electrons. The average molecular weight is 258 g/mol. The summed E-state index contributed by atoms with van der Waals surface area (Å²) in [6.45, 7) is 7.50. The molecule has 0 aliphatic rings. The van der Waals surface area contributed by atoms with Crippen molar-refractivity contribution >= 4 is 17.6 Å². The van der Waals surface area contributed by atoms with Crippen molar-refractivity contribution in [2.75, 3.05) is 0 Å². The largest absolute Gasteiger partial charge is 0.480 e. The number of nitrogens with one attached hydrogen (secondary N) is 1. The third-order valence-electron chi connectivity index (χ3n) is 2.29. The van der Waals surface area contributed by atoms with E-state index in [-0.39, 0.29) is 17.5 Å². The van der Waals surface area contributed by atoms with Crippen LogP contribution in [-0.2, 0) is 9.59 Å². The van der Waals surface area contributed by atoms with Crippen molar-refractivity contribution in [1.29, 1.82) is 0 Å². The summed E-state index contributed by atoms with van der Waals surface area (Å²) in [5.74, 6) is -1.42. The summed E-state index contributed by atoms with van der Waals surface area (Å²) in [5, 5.41) is 23.1. The van der Waals surface area contributed by atoms with E-state index in [1.807, 2.05) is 27.7 Å². The molecule has 0 aliphatic carbocycles. The zero-order valence-corrected chi connectivity index (χ0v) is 11.3. The lowest BCUT2D eigenvalue weighted by molar-refractivity contribution is -0.141. The quantitative estimate of drug-likeness (QED) is 0.366. The fraction of sp³-hybridized carbons (Fsp3) is 0.750. The predicted molar refractivity (Wildman–Crippen MR) is 67.7 cm³/mol. The lowest BCUT2D eigenvalue weighted by Crippen LogP contribution is -2.44. The summed E-state index contributed by atoms with van der Waals surface area (Å²) in [7, 11) is 0. The van der Waals surface area contributed by atoms with Gasteiger partial charge in [-0.15, -0.1) is 0 Å². The Labute approximate surface area is 107 Å². The van der Waals surface area contributed by atoms with Crippen molar-refractivity contribution in [3.8, 4) is 0 Å². The highest BCUT2D eigenvalue weighted by atomic mass is 16.4. The van der Waals surface area contributed by atoms with Crippen LogP contribution in [-0.4, -0.2) is 33.9 Å². The van der Waals surface area contributed by atoms with Crippen LogP contribution >= 0.6 is 0 Å². The van der Waals surface area contributed by atoms with E-state index in [0.29, 0.717) is 12.8 Å². The number of rotatable bonds is 7. The SMILES string of the molecule is CC(C)C/C(=N\O)C(=O)NC(CC(C)C)C(=O)O. The van der Waals surface area contributed by atoms with Crippen LogP contribution in [0.2, 0.25) is 0 Å². The van der Waals surface area contributed by atoms with E-state index in [2.05, 4.69) is 10.5 Å². The molecule has 0 rings (SSSR count). The second kappa shape index (κ2) is 7.68. The second-order valence-electron chi connectivity index (χ2n) is 5.14.